The van der Waals surface area contributed by atoms with E-state index in [1.54, 1.807) is 36.0 Å². The Kier molecular flexibility index (Phi) is 4.86. The lowest BCUT2D eigenvalue weighted by Gasteiger charge is -2.29. The van der Waals surface area contributed by atoms with Gasteiger partial charge in [0.05, 0.1) is 5.69 Å². The van der Waals surface area contributed by atoms with Gasteiger partial charge in [0, 0.05) is 33.9 Å². The molecular formula is C20H22N2O2S. The van der Waals surface area contributed by atoms with Gasteiger partial charge in [-0.3, -0.25) is 9.59 Å². The number of rotatable bonds is 2. The van der Waals surface area contributed by atoms with Crippen molar-refractivity contribution in [3.8, 4) is 0 Å². The standard InChI is InChI=1S/C20H22N2O2S/c1-20(2,3)21-18(23)14-8-10-15(11-9-14)19(24)22-12-13-25-17-7-5-4-6-16(17)22/h4-11H,12-13H2,1-3H3,(H,21,23). The summed E-state index contributed by atoms with van der Waals surface area (Å²) in [4.78, 5) is 28.0. The molecule has 1 aliphatic heterocycles. The molecule has 0 fully saturated rings. The van der Waals surface area contributed by atoms with Gasteiger partial charge in [-0.1, -0.05) is 12.1 Å². The Balaban J connectivity index is 1.79. The number of nitrogens with one attached hydrogen (secondary N) is 1. The van der Waals surface area contributed by atoms with Gasteiger partial charge in [-0.15, -0.1) is 11.8 Å². The van der Waals surface area contributed by atoms with Crippen LogP contribution >= 0.6 is 11.8 Å². The van der Waals surface area contributed by atoms with Gasteiger partial charge in [-0.2, -0.15) is 0 Å². The summed E-state index contributed by atoms with van der Waals surface area (Å²) in [6, 6.07) is 14.8. The van der Waals surface area contributed by atoms with Gasteiger partial charge in [0.25, 0.3) is 11.8 Å². The summed E-state index contributed by atoms with van der Waals surface area (Å²) in [5.74, 6) is 0.719. The van der Waals surface area contributed by atoms with Gasteiger partial charge in [-0.05, 0) is 57.2 Å². The molecule has 2 aromatic carbocycles. The zero-order chi connectivity index (χ0) is 18.0. The smallest absolute Gasteiger partial charge is 0.258 e. The van der Waals surface area contributed by atoms with Crippen LogP contribution in [0.4, 0.5) is 5.69 Å². The summed E-state index contributed by atoms with van der Waals surface area (Å²) in [5, 5.41) is 2.92. The van der Waals surface area contributed by atoms with Crippen LogP contribution in [0.1, 0.15) is 41.5 Å². The average molecular weight is 354 g/mol. The van der Waals surface area contributed by atoms with E-state index in [0.29, 0.717) is 17.7 Å². The molecule has 3 rings (SSSR count). The number of fused-ring (bicyclic) bond motifs is 1. The molecule has 25 heavy (non-hydrogen) atoms. The molecular weight excluding hydrogens is 332 g/mol. The maximum absolute atomic E-state index is 12.9. The van der Waals surface area contributed by atoms with E-state index < -0.39 is 0 Å². The Bertz CT molecular complexity index is 794. The molecule has 0 saturated carbocycles. The highest BCUT2D eigenvalue weighted by Gasteiger charge is 2.24. The van der Waals surface area contributed by atoms with E-state index >= 15 is 0 Å². The first-order valence-corrected chi connectivity index (χ1v) is 9.30. The quantitative estimate of drug-likeness (QED) is 0.888. The van der Waals surface area contributed by atoms with Crippen LogP contribution in [0.3, 0.4) is 0 Å². The SMILES string of the molecule is CC(C)(C)NC(=O)c1ccc(C(=O)N2CCSc3ccccc32)cc1. The molecule has 0 spiro atoms. The van der Waals surface area contributed by atoms with Crippen LogP contribution < -0.4 is 10.2 Å². The van der Waals surface area contributed by atoms with Crippen molar-refractivity contribution in [1.29, 1.82) is 0 Å². The van der Waals surface area contributed by atoms with Crippen molar-refractivity contribution < 1.29 is 9.59 Å². The van der Waals surface area contributed by atoms with E-state index in [0.717, 1.165) is 16.3 Å². The van der Waals surface area contributed by atoms with E-state index in [2.05, 4.69) is 5.32 Å². The molecule has 0 saturated heterocycles. The number of carbonyl (C=O) groups is 2. The Morgan fingerprint density at radius 2 is 1.64 bits per heavy atom. The Morgan fingerprint density at radius 1 is 1.00 bits per heavy atom. The molecule has 0 unspecified atom stereocenters. The van der Waals surface area contributed by atoms with Gasteiger partial charge in [0.15, 0.2) is 0 Å². The molecule has 1 heterocycles. The maximum Gasteiger partial charge on any atom is 0.258 e. The zero-order valence-electron chi connectivity index (χ0n) is 14.7. The molecule has 5 heteroatoms. The predicted octanol–water partition coefficient (Wildman–Crippen LogP) is 3.97. The van der Waals surface area contributed by atoms with Crippen LogP contribution in [-0.4, -0.2) is 29.7 Å². The molecule has 0 radical (unpaired) electrons. The Labute approximate surface area is 152 Å². The Hall–Kier alpha value is -2.27. The fraction of sp³-hybridized carbons (Fsp3) is 0.300. The number of carbonyl (C=O) groups excluding carboxylic acids is 2. The number of amides is 2. The van der Waals surface area contributed by atoms with E-state index in [1.807, 2.05) is 49.9 Å². The van der Waals surface area contributed by atoms with Crippen LogP contribution in [0.5, 0.6) is 0 Å². The number of para-hydroxylation sites is 1. The maximum atomic E-state index is 12.9. The van der Waals surface area contributed by atoms with Gasteiger partial charge >= 0.3 is 0 Å². The second-order valence-corrected chi connectivity index (χ2v) is 8.19. The van der Waals surface area contributed by atoms with Crippen molar-refractivity contribution in [2.75, 3.05) is 17.2 Å². The fourth-order valence-corrected chi connectivity index (χ4v) is 3.71. The Morgan fingerprint density at radius 3 is 2.32 bits per heavy atom. The topological polar surface area (TPSA) is 49.4 Å². The third-order valence-corrected chi connectivity index (χ3v) is 4.90. The molecule has 1 aliphatic rings. The molecule has 4 nitrogen and oxygen atoms in total. The number of benzene rings is 2. The summed E-state index contributed by atoms with van der Waals surface area (Å²) in [6.45, 7) is 6.50. The fourth-order valence-electron chi connectivity index (χ4n) is 2.71. The van der Waals surface area contributed by atoms with Gasteiger partial charge in [-0.25, -0.2) is 0 Å². The minimum Gasteiger partial charge on any atom is -0.347 e. The monoisotopic (exact) mass is 354 g/mol. The number of nitrogens with zero attached hydrogens (tertiary/aromatic N) is 1. The second-order valence-electron chi connectivity index (χ2n) is 7.05. The molecule has 2 amide bonds. The van der Waals surface area contributed by atoms with Crippen molar-refractivity contribution in [2.24, 2.45) is 0 Å². The average Bonchev–Trinajstić information content (AvgIpc) is 2.59. The molecule has 1 N–H and O–H groups in total. The highest BCUT2D eigenvalue weighted by molar-refractivity contribution is 7.99. The van der Waals surface area contributed by atoms with Crippen LogP contribution in [0, 0.1) is 0 Å². The van der Waals surface area contributed by atoms with Crippen LogP contribution in [-0.2, 0) is 0 Å². The number of hydrogen-bond acceptors (Lipinski definition) is 3. The summed E-state index contributed by atoms with van der Waals surface area (Å²) in [5.41, 5.74) is 1.81. The van der Waals surface area contributed by atoms with Gasteiger partial charge < -0.3 is 10.2 Å². The molecule has 0 aliphatic carbocycles. The first-order valence-electron chi connectivity index (χ1n) is 8.31. The van der Waals surface area contributed by atoms with E-state index in [-0.39, 0.29) is 17.4 Å². The molecule has 0 aromatic heterocycles. The third kappa shape index (κ3) is 4.04. The molecule has 0 atom stereocenters. The number of thioether (sulfide) groups is 1. The first-order chi connectivity index (χ1) is 11.8. The molecule has 2 aromatic rings. The lowest BCUT2D eigenvalue weighted by Crippen LogP contribution is -2.40. The van der Waals surface area contributed by atoms with Crippen molar-refractivity contribution in [2.45, 2.75) is 31.2 Å². The highest BCUT2D eigenvalue weighted by Crippen LogP contribution is 2.35. The van der Waals surface area contributed by atoms with Crippen molar-refractivity contribution in [1.82, 2.24) is 5.32 Å². The summed E-state index contributed by atoms with van der Waals surface area (Å²) in [6.07, 6.45) is 0. The summed E-state index contributed by atoms with van der Waals surface area (Å²) < 4.78 is 0. The molecule has 0 bridgehead atoms. The largest absolute Gasteiger partial charge is 0.347 e. The normalized spacial score (nSPS) is 14.0. The minimum atomic E-state index is -0.291. The van der Waals surface area contributed by atoms with Crippen molar-refractivity contribution >= 4 is 29.3 Å². The minimum absolute atomic E-state index is 0.0319. The summed E-state index contributed by atoms with van der Waals surface area (Å²) >= 11 is 1.77. The van der Waals surface area contributed by atoms with Crippen molar-refractivity contribution in [3.05, 3.63) is 59.7 Å². The highest BCUT2D eigenvalue weighted by atomic mass is 32.2. The van der Waals surface area contributed by atoms with Crippen LogP contribution in [0.15, 0.2) is 53.4 Å². The lowest BCUT2D eigenvalue weighted by molar-refractivity contribution is 0.0917. The van der Waals surface area contributed by atoms with Crippen LogP contribution in [0.2, 0.25) is 0 Å². The molecule has 130 valence electrons. The number of hydrogen-bond donors (Lipinski definition) is 1. The first kappa shape index (κ1) is 17.5. The van der Waals surface area contributed by atoms with E-state index in [1.165, 1.54) is 0 Å². The second kappa shape index (κ2) is 6.92. The van der Waals surface area contributed by atoms with E-state index in [9.17, 15) is 9.59 Å². The van der Waals surface area contributed by atoms with Gasteiger partial charge in [0.2, 0.25) is 0 Å². The van der Waals surface area contributed by atoms with E-state index in [4.69, 9.17) is 0 Å². The van der Waals surface area contributed by atoms with Crippen LogP contribution in [0.25, 0.3) is 0 Å². The predicted molar refractivity (Wildman–Crippen MR) is 103 cm³/mol. The van der Waals surface area contributed by atoms with Crippen molar-refractivity contribution in [3.63, 3.8) is 0 Å². The zero-order valence-corrected chi connectivity index (χ0v) is 15.5. The van der Waals surface area contributed by atoms with Gasteiger partial charge in [0.1, 0.15) is 0 Å². The lowest BCUT2D eigenvalue weighted by atomic mass is 10.1. The number of anilines is 1. The summed E-state index contributed by atoms with van der Waals surface area (Å²) in [7, 11) is 0. The third-order valence-electron chi connectivity index (χ3n) is 3.86.